The topological polar surface area (TPSA) is 26.0 Å². The minimum Gasteiger partial charge on any atom is -0.324 e. The van der Waals surface area contributed by atoms with Crippen LogP contribution in [0.25, 0.3) is 0 Å². The zero-order valence-electron chi connectivity index (χ0n) is 9.15. The predicted octanol–water partition coefficient (Wildman–Crippen LogP) is 3.06. The van der Waals surface area contributed by atoms with Crippen LogP contribution >= 0.6 is 0 Å². The first-order valence-corrected chi connectivity index (χ1v) is 5.84. The molecule has 1 aromatic rings. The van der Waals surface area contributed by atoms with E-state index >= 15 is 0 Å². The quantitative estimate of drug-likeness (QED) is 0.747. The molecule has 2 N–H and O–H groups in total. The van der Waals surface area contributed by atoms with Crippen LogP contribution in [0.1, 0.15) is 31.2 Å². The van der Waals surface area contributed by atoms with Gasteiger partial charge >= 0.3 is 0 Å². The van der Waals surface area contributed by atoms with Gasteiger partial charge in [-0.3, -0.25) is 0 Å². The number of aryl methyl sites for hydroxylation is 1. The van der Waals surface area contributed by atoms with Crippen molar-refractivity contribution in [2.45, 2.75) is 38.1 Å². The number of rotatable bonds is 3. The van der Waals surface area contributed by atoms with Crippen LogP contribution in [0.4, 0.5) is 0 Å². The summed E-state index contributed by atoms with van der Waals surface area (Å²) in [7, 11) is 0. The number of hydrogen-bond acceptors (Lipinski definition) is 1. The lowest BCUT2D eigenvalue weighted by Gasteiger charge is -2.20. The summed E-state index contributed by atoms with van der Waals surface area (Å²) in [6.45, 7) is 0. The van der Waals surface area contributed by atoms with Gasteiger partial charge in [-0.15, -0.1) is 0 Å². The highest BCUT2D eigenvalue weighted by Crippen LogP contribution is 2.21. The number of allylic oxidation sites excluding steroid dienone is 1. The van der Waals surface area contributed by atoms with Crippen LogP contribution in [0.15, 0.2) is 42.0 Å². The lowest BCUT2D eigenvalue weighted by molar-refractivity contribution is 0.592. The van der Waals surface area contributed by atoms with Gasteiger partial charge in [0, 0.05) is 6.04 Å². The normalized spacial score (nSPS) is 21.1. The molecule has 1 aromatic carbocycles. The monoisotopic (exact) mass is 201 g/mol. The molecule has 1 aliphatic carbocycles. The average molecular weight is 201 g/mol. The Balaban J connectivity index is 1.90. The van der Waals surface area contributed by atoms with Crippen molar-refractivity contribution in [1.29, 1.82) is 0 Å². The van der Waals surface area contributed by atoms with E-state index in [-0.39, 0.29) is 0 Å². The van der Waals surface area contributed by atoms with Crippen molar-refractivity contribution in [2.24, 2.45) is 5.73 Å². The third kappa shape index (κ3) is 2.93. The van der Waals surface area contributed by atoms with Gasteiger partial charge in [0.25, 0.3) is 0 Å². The summed E-state index contributed by atoms with van der Waals surface area (Å²) >= 11 is 0. The molecule has 1 atom stereocenters. The fourth-order valence-corrected chi connectivity index (χ4v) is 2.18. The summed E-state index contributed by atoms with van der Waals surface area (Å²) in [5.41, 5.74) is 8.95. The molecule has 1 heteroatoms. The highest BCUT2D eigenvalue weighted by atomic mass is 14.6. The Kier molecular flexibility index (Phi) is 3.57. The SMILES string of the molecule is NC1CCCC=C1CCc1ccccc1. The largest absolute Gasteiger partial charge is 0.324 e. The van der Waals surface area contributed by atoms with E-state index in [4.69, 9.17) is 5.73 Å². The van der Waals surface area contributed by atoms with Crippen LogP contribution in [0.5, 0.6) is 0 Å². The Morgan fingerprint density at radius 2 is 1.93 bits per heavy atom. The highest BCUT2D eigenvalue weighted by molar-refractivity contribution is 5.19. The second kappa shape index (κ2) is 5.13. The third-order valence-corrected chi connectivity index (χ3v) is 3.15. The molecule has 0 fully saturated rings. The lowest BCUT2D eigenvalue weighted by atomic mass is 9.90. The molecule has 0 aromatic heterocycles. The number of hydrogen-bond donors (Lipinski definition) is 1. The molecule has 0 radical (unpaired) electrons. The smallest absolute Gasteiger partial charge is 0.0253 e. The Hall–Kier alpha value is -1.08. The first-order valence-electron chi connectivity index (χ1n) is 5.84. The molecule has 0 bridgehead atoms. The zero-order chi connectivity index (χ0) is 10.5. The maximum absolute atomic E-state index is 6.07. The van der Waals surface area contributed by atoms with E-state index in [1.165, 1.54) is 30.4 Å². The molecule has 15 heavy (non-hydrogen) atoms. The van der Waals surface area contributed by atoms with Gasteiger partial charge in [-0.25, -0.2) is 0 Å². The van der Waals surface area contributed by atoms with Crippen LogP contribution in [0.3, 0.4) is 0 Å². The fraction of sp³-hybridized carbons (Fsp3) is 0.429. The second-order valence-electron chi connectivity index (χ2n) is 4.30. The summed E-state index contributed by atoms with van der Waals surface area (Å²) < 4.78 is 0. The first-order chi connectivity index (χ1) is 7.36. The minimum atomic E-state index is 0.322. The van der Waals surface area contributed by atoms with Crippen LogP contribution in [0, 0.1) is 0 Å². The second-order valence-corrected chi connectivity index (χ2v) is 4.30. The summed E-state index contributed by atoms with van der Waals surface area (Å²) in [6.07, 6.45) is 8.25. The van der Waals surface area contributed by atoms with Crippen molar-refractivity contribution in [3.8, 4) is 0 Å². The van der Waals surface area contributed by atoms with Gasteiger partial charge < -0.3 is 5.73 Å². The summed E-state index contributed by atoms with van der Waals surface area (Å²) in [5, 5.41) is 0. The molecule has 1 nitrogen and oxygen atoms in total. The van der Waals surface area contributed by atoms with E-state index in [1.807, 2.05) is 0 Å². The maximum Gasteiger partial charge on any atom is 0.0253 e. The Morgan fingerprint density at radius 1 is 1.13 bits per heavy atom. The van der Waals surface area contributed by atoms with Gasteiger partial charge in [-0.05, 0) is 37.7 Å². The van der Waals surface area contributed by atoms with Gasteiger partial charge in [-0.1, -0.05) is 42.0 Å². The molecule has 1 unspecified atom stereocenters. The minimum absolute atomic E-state index is 0.322. The van der Waals surface area contributed by atoms with Crippen molar-refractivity contribution in [3.05, 3.63) is 47.5 Å². The van der Waals surface area contributed by atoms with E-state index in [2.05, 4.69) is 36.4 Å². The Morgan fingerprint density at radius 3 is 2.67 bits per heavy atom. The fourth-order valence-electron chi connectivity index (χ4n) is 2.18. The molecule has 0 saturated heterocycles. The average Bonchev–Trinajstić information content (AvgIpc) is 2.29. The van der Waals surface area contributed by atoms with Crippen molar-refractivity contribution < 1.29 is 0 Å². The lowest BCUT2D eigenvalue weighted by Crippen LogP contribution is -2.25. The maximum atomic E-state index is 6.07. The van der Waals surface area contributed by atoms with Crippen molar-refractivity contribution in [3.63, 3.8) is 0 Å². The van der Waals surface area contributed by atoms with Crippen molar-refractivity contribution in [2.75, 3.05) is 0 Å². The summed E-state index contributed by atoms with van der Waals surface area (Å²) in [4.78, 5) is 0. The van der Waals surface area contributed by atoms with E-state index in [0.717, 1.165) is 12.8 Å². The van der Waals surface area contributed by atoms with Gasteiger partial charge in [0.2, 0.25) is 0 Å². The van der Waals surface area contributed by atoms with Crippen LogP contribution in [-0.2, 0) is 6.42 Å². The van der Waals surface area contributed by atoms with E-state index in [1.54, 1.807) is 0 Å². The first kappa shape index (κ1) is 10.4. The van der Waals surface area contributed by atoms with Gasteiger partial charge in [0.1, 0.15) is 0 Å². The summed E-state index contributed by atoms with van der Waals surface area (Å²) in [5.74, 6) is 0. The Labute approximate surface area is 92.0 Å². The molecule has 0 heterocycles. The van der Waals surface area contributed by atoms with E-state index in [0.29, 0.717) is 6.04 Å². The van der Waals surface area contributed by atoms with E-state index < -0.39 is 0 Å². The molecular formula is C14H19N. The number of nitrogens with two attached hydrogens (primary N) is 1. The molecule has 0 saturated carbocycles. The van der Waals surface area contributed by atoms with Crippen molar-refractivity contribution in [1.82, 2.24) is 0 Å². The molecular weight excluding hydrogens is 182 g/mol. The van der Waals surface area contributed by atoms with Crippen LogP contribution < -0.4 is 5.73 Å². The van der Waals surface area contributed by atoms with Gasteiger partial charge in [0.05, 0.1) is 0 Å². The van der Waals surface area contributed by atoms with Gasteiger partial charge in [0.15, 0.2) is 0 Å². The molecule has 0 amide bonds. The van der Waals surface area contributed by atoms with Crippen LogP contribution in [-0.4, -0.2) is 6.04 Å². The third-order valence-electron chi connectivity index (χ3n) is 3.15. The Bertz CT molecular complexity index is 326. The summed E-state index contributed by atoms with van der Waals surface area (Å²) in [6, 6.07) is 11.0. The molecule has 0 spiro atoms. The van der Waals surface area contributed by atoms with E-state index in [9.17, 15) is 0 Å². The van der Waals surface area contributed by atoms with Gasteiger partial charge in [-0.2, -0.15) is 0 Å². The molecule has 0 aliphatic heterocycles. The molecule has 2 rings (SSSR count). The van der Waals surface area contributed by atoms with Crippen molar-refractivity contribution >= 4 is 0 Å². The molecule has 80 valence electrons. The standard InChI is InChI=1S/C14H19N/c15-14-9-5-4-8-13(14)11-10-12-6-2-1-3-7-12/h1-3,6-8,14H,4-5,9-11,15H2. The highest BCUT2D eigenvalue weighted by Gasteiger charge is 2.12. The van der Waals surface area contributed by atoms with Crippen LogP contribution in [0.2, 0.25) is 0 Å². The molecule has 1 aliphatic rings. The number of benzene rings is 1. The zero-order valence-corrected chi connectivity index (χ0v) is 9.15. The predicted molar refractivity (Wildman–Crippen MR) is 64.7 cm³/mol.